The van der Waals surface area contributed by atoms with Gasteiger partial charge in [0, 0.05) is 5.56 Å². The van der Waals surface area contributed by atoms with Crippen molar-refractivity contribution in [3.8, 4) is 5.75 Å². The van der Waals surface area contributed by atoms with Crippen LogP contribution in [0.25, 0.3) is 10.8 Å². The number of nitrogens with zero attached hydrogens (tertiary/aromatic N) is 2. The van der Waals surface area contributed by atoms with Gasteiger partial charge in [-0.2, -0.15) is 5.10 Å². The number of carbonyl (C=O) groups excluding carboxylic acids is 1. The molecule has 0 spiro atoms. The minimum absolute atomic E-state index is 0.0842. The number of amides is 1. The van der Waals surface area contributed by atoms with E-state index < -0.39 is 22.5 Å². The van der Waals surface area contributed by atoms with Gasteiger partial charge in [-0.05, 0) is 54.1 Å². The highest BCUT2D eigenvalue weighted by Crippen LogP contribution is 2.25. The fraction of sp³-hybridized carbons (Fsp3) is 0.111. The fourth-order valence-electron chi connectivity index (χ4n) is 3.61. The third-order valence-electron chi connectivity index (χ3n) is 5.27. The smallest absolute Gasteiger partial charge is 0.264 e. The number of benzene rings is 4. The van der Waals surface area contributed by atoms with Crippen LogP contribution in [-0.2, 0) is 14.8 Å². The number of hydrazone groups is 1. The number of sulfonamides is 1. The van der Waals surface area contributed by atoms with Gasteiger partial charge in [0.2, 0.25) is 0 Å². The molecule has 0 fully saturated rings. The maximum Gasteiger partial charge on any atom is 0.264 e. The number of nitrogens with one attached hydrogen (secondary N) is 1. The van der Waals surface area contributed by atoms with Crippen LogP contribution in [0.2, 0.25) is 0 Å². The number of carbonyl (C=O) groups is 1. The number of anilines is 1. The van der Waals surface area contributed by atoms with Crippen LogP contribution in [0, 0.1) is 0 Å². The molecule has 1 amide bonds. The largest absolute Gasteiger partial charge is 0.494 e. The topological polar surface area (TPSA) is 88.1 Å². The van der Waals surface area contributed by atoms with E-state index in [1.807, 2.05) is 49.4 Å². The predicted molar refractivity (Wildman–Crippen MR) is 138 cm³/mol. The lowest BCUT2D eigenvalue weighted by Gasteiger charge is -2.24. The maximum atomic E-state index is 13.4. The van der Waals surface area contributed by atoms with Gasteiger partial charge in [-0.25, -0.2) is 13.8 Å². The highest BCUT2D eigenvalue weighted by atomic mass is 32.2. The first kappa shape index (κ1) is 24.0. The lowest BCUT2D eigenvalue weighted by atomic mass is 10.1. The highest BCUT2D eigenvalue weighted by Gasteiger charge is 2.27. The number of rotatable bonds is 9. The average Bonchev–Trinajstić information content (AvgIpc) is 2.89. The van der Waals surface area contributed by atoms with Gasteiger partial charge in [0.1, 0.15) is 12.3 Å². The van der Waals surface area contributed by atoms with Crippen LogP contribution in [-0.4, -0.2) is 33.7 Å². The first-order chi connectivity index (χ1) is 17.0. The van der Waals surface area contributed by atoms with Gasteiger partial charge in [0.25, 0.3) is 15.9 Å². The third kappa shape index (κ3) is 5.67. The molecule has 4 aromatic rings. The minimum atomic E-state index is -4.00. The van der Waals surface area contributed by atoms with Gasteiger partial charge in [0.15, 0.2) is 0 Å². The van der Waals surface area contributed by atoms with E-state index in [1.54, 1.807) is 48.7 Å². The van der Waals surface area contributed by atoms with E-state index in [-0.39, 0.29) is 4.90 Å². The molecule has 4 rings (SSSR count). The van der Waals surface area contributed by atoms with Crippen LogP contribution >= 0.6 is 0 Å². The Morgan fingerprint density at radius 2 is 1.60 bits per heavy atom. The quantitative estimate of drug-likeness (QED) is 0.276. The number of hydrogen-bond donors (Lipinski definition) is 1. The standard InChI is InChI=1S/C27H25N3O4S/c1-2-34-24-17-15-23(16-18-24)30(35(32,33)25-12-4-3-5-13-25)20-27(31)29-28-19-22-11-8-10-21-9-6-7-14-26(21)22/h3-19H,2,20H2,1H3,(H,29,31)/b28-19+. The van der Waals surface area contributed by atoms with Crippen LogP contribution in [0.15, 0.2) is 107 Å². The Hall–Kier alpha value is -4.17. The Bertz CT molecular complexity index is 1430. The summed E-state index contributed by atoms with van der Waals surface area (Å²) >= 11 is 0. The minimum Gasteiger partial charge on any atom is -0.494 e. The van der Waals surface area contributed by atoms with Crippen LogP contribution in [0.5, 0.6) is 5.75 Å². The summed E-state index contributed by atoms with van der Waals surface area (Å²) in [6, 6.07) is 28.2. The summed E-state index contributed by atoms with van der Waals surface area (Å²) in [6.45, 7) is 1.91. The Labute approximate surface area is 204 Å². The van der Waals surface area contributed by atoms with Gasteiger partial charge >= 0.3 is 0 Å². The lowest BCUT2D eigenvalue weighted by Crippen LogP contribution is -2.39. The van der Waals surface area contributed by atoms with Gasteiger partial charge in [-0.1, -0.05) is 60.7 Å². The summed E-state index contributed by atoms with van der Waals surface area (Å²) in [5.41, 5.74) is 3.63. The Kier molecular flexibility index (Phi) is 7.42. The monoisotopic (exact) mass is 487 g/mol. The molecule has 178 valence electrons. The van der Waals surface area contributed by atoms with Gasteiger partial charge in [-0.15, -0.1) is 0 Å². The molecule has 0 saturated carbocycles. The summed E-state index contributed by atoms with van der Waals surface area (Å²) in [4.78, 5) is 12.9. The van der Waals surface area contributed by atoms with Crippen molar-refractivity contribution in [2.45, 2.75) is 11.8 Å². The summed E-state index contributed by atoms with van der Waals surface area (Å²) in [7, 11) is -4.00. The molecule has 8 heteroatoms. The van der Waals surface area contributed by atoms with Crippen molar-refractivity contribution in [3.05, 3.63) is 103 Å². The molecule has 0 aliphatic heterocycles. The van der Waals surface area contributed by atoms with E-state index >= 15 is 0 Å². The number of fused-ring (bicyclic) bond motifs is 1. The molecule has 0 atom stereocenters. The van der Waals surface area contributed by atoms with Crippen LogP contribution < -0.4 is 14.5 Å². The molecule has 4 aromatic carbocycles. The number of hydrogen-bond acceptors (Lipinski definition) is 5. The van der Waals surface area contributed by atoms with Crippen molar-refractivity contribution in [3.63, 3.8) is 0 Å². The molecule has 1 N–H and O–H groups in total. The zero-order valence-electron chi connectivity index (χ0n) is 19.2. The fourth-order valence-corrected chi connectivity index (χ4v) is 5.05. The van der Waals surface area contributed by atoms with E-state index in [9.17, 15) is 13.2 Å². The molecular weight excluding hydrogens is 462 g/mol. The lowest BCUT2D eigenvalue weighted by molar-refractivity contribution is -0.119. The van der Waals surface area contributed by atoms with Crippen molar-refractivity contribution < 1.29 is 17.9 Å². The second kappa shape index (κ2) is 10.8. The van der Waals surface area contributed by atoms with Crippen LogP contribution in [0.1, 0.15) is 12.5 Å². The van der Waals surface area contributed by atoms with Crippen molar-refractivity contribution >= 4 is 38.6 Å². The average molecular weight is 488 g/mol. The zero-order valence-corrected chi connectivity index (χ0v) is 20.0. The van der Waals surface area contributed by atoms with Crippen LogP contribution in [0.4, 0.5) is 5.69 Å². The molecule has 0 aliphatic rings. The van der Waals surface area contributed by atoms with Crippen LogP contribution in [0.3, 0.4) is 0 Å². The summed E-state index contributed by atoms with van der Waals surface area (Å²) < 4.78 is 33.3. The highest BCUT2D eigenvalue weighted by molar-refractivity contribution is 7.92. The molecule has 0 unspecified atom stereocenters. The van der Waals surface area contributed by atoms with Crippen molar-refractivity contribution in [2.75, 3.05) is 17.5 Å². The van der Waals surface area contributed by atoms with E-state index in [2.05, 4.69) is 10.5 Å². The Morgan fingerprint density at radius 1 is 0.914 bits per heavy atom. The number of ether oxygens (including phenoxy) is 1. The summed E-state index contributed by atoms with van der Waals surface area (Å²) in [6.07, 6.45) is 1.55. The molecule has 0 radical (unpaired) electrons. The molecule has 0 saturated heterocycles. The van der Waals surface area contributed by atoms with Gasteiger partial charge in [-0.3, -0.25) is 9.10 Å². The van der Waals surface area contributed by atoms with E-state index in [0.29, 0.717) is 18.0 Å². The Morgan fingerprint density at radius 3 is 2.34 bits per heavy atom. The van der Waals surface area contributed by atoms with Crippen molar-refractivity contribution in [1.29, 1.82) is 0 Å². The van der Waals surface area contributed by atoms with Gasteiger partial charge < -0.3 is 4.74 Å². The maximum absolute atomic E-state index is 13.4. The molecule has 7 nitrogen and oxygen atoms in total. The molecule has 0 heterocycles. The van der Waals surface area contributed by atoms with Crippen molar-refractivity contribution in [1.82, 2.24) is 5.43 Å². The summed E-state index contributed by atoms with van der Waals surface area (Å²) in [5.74, 6) is 0.0346. The molecular formula is C27H25N3O4S. The molecule has 0 aromatic heterocycles. The van der Waals surface area contributed by atoms with Crippen molar-refractivity contribution in [2.24, 2.45) is 5.10 Å². The SMILES string of the molecule is CCOc1ccc(N(CC(=O)N/N=C/c2cccc3ccccc23)S(=O)(=O)c2ccccc2)cc1. The summed E-state index contributed by atoms with van der Waals surface area (Å²) in [5, 5.41) is 6.12. The van der Waals surface area contributed by atoms with Gasteiger partial charge in [0.05, 0.1) is 23.4 Å². The molecule has 0 bridgehead atoms. The molecule has 0 aliphatic carbocycles. The van der Waals surface area contributed by atoms with E-state index in [1.165, 1.54) is 12.1 Å². The zero-order chi connectivity index (χ0) is 24.7. The molecule has 35 heavy (non-hydrogen) atoms. The van der Waals surface area contributed by atoms with E-state index in [4.69, 9.17) is 4.74 Å². The second-order valence-corrected chi connectivity index (χ2v) is 9.48. The Balaban J connectivity index is 1.56. The first-order valence-corrected chi connectivity index (χ1v) is 12.5. The second-order valence-electron chi connectivity index (χ2n) is 7.61. The predicted octanol–water partition coefficient (Wildman–Crippen LogP) is 4.58. The normalized spacial score (nSPS) is 11.5. The third-order valence-corrected chi connectivity index (χ3v) is 7.06. The van der Waals surface area contributed by atoms with E-state index in [0.717, 1.165) is 20.6 Å². The first-order valence-electron chi connectivity index (χ1n) is 11.1.